The van der Waals surface area contributed by atoms with Gasteiger partial charge < -0.3 is 5.32 Å². The lowest BCUT2D eigenvalue weighted by atomic mass is 10.1. The summed E-state index contributed by atoms with van der Waals surface area (Å²) in [6, 6.07) is 7.61. The van der Waals surface area contributed by atoms with Gasteiger partial charge in [0.2, 0.25) is 0 Å². The first-order valence-corrected chi connectivity index (χ1v) is 7.82. The molecule has 3 rings (SSSR count). The average molecular weight is 330 g/mol. The number of nitrogens with zero attached hydrogens (tertiary/aromatic N) is 1. The Hall–Kier alpha value is -0.0900. The van der Waals surface area contributed by atoms with E-state index in [0.29, 0.717) is 6.04 Å². The number of rotatable bonds is 3. The molecule has 4 heteroatoms. The molecule has 2 heterocycles. The summed E-state index contributed by atoms with van der Waals surface area (Å²) >= 11 is 9.48. The highest BCUT2D eigenvalue weighted by molar-refractivity contribution is 9.10. The van der Waals surface area contributed by atoms with E-state index >= 15 is 0 Å². The minimum Gasteiger partial charge on any atom is -0.308 e. The maximum atomic E-state index is 6.01. The van der Waals surface area contributed by atoms with Crippen LogP contribution in [0.2, 0.25) is 5.02 Å². The predicted octanol–water partition coefficient (Wildman–Crippen LogP) is 3.43. The second kappa shape index (κ2) is 5.49. The number of fused-ring (bicyclic) bond motifs is 1. The molecule has 2 aliphatic rings. The van der Waals surface area contributed by atoms with Gasteiger partial charge in [-0.05, 0) is 59.4 Å². The van der Waals surface area contributed by atoms with E-state index in [1.54, 1.807) is 0 Å². The summed E-state index contributed by atoms with van der Waals surface area (Å²) in [6.07, 6.45) is 4.02. The highest BCUT2D eigenvalue weighted by atomic mass is 79.9. The molecule has 2 fully saturated rings. The molecule has 0 amide bonds. The summed E-state index contributed by atoms with van der Waals surface area (Å²) in [5.74, 6) is 0. The quantitative estimate of drug-likeness (QED) is 0.914. The number of nitrogens with one attached hydrogen (secondary N) is 1. The number of hydrogen-bond donors (Lipinski definition) is 1. The lowest BCUT2D eigenvalue weighted by Gasteiger charge is -2.21. The maximum Gasteiger partial charge on any atom is 0.0548 e. The molecule has 0 spiro atoms. The van der Waals surface area contributed by atoms with Gasteiger partial charge in [-0.15, -0.1) is 0 Å². The minimum absolute atomic E-state index is 0.668. The van der Waals surface area contributed by atoms with Crippen LogP contribution in [0.4, 0.5) is 0 Å². The predicted molar refractivity (Wildman–Crippen MR) is 79.0 cm³/mol. The van der Waals surface area contributed by atoms with E-state index in [0.717, 1.165) is 22.1 Å². The van der Waals surface area contributed by atoms with Gasteiger partial charge in [0.05, 0.1) is 5.02 Å². The zero-order valence-corrected chi connectivity index (χ0v) is 12.7. The van der Waals surface area contributed by atoms with Crippen LogP contribution in [0.5, 0.6) is 0 Å². The molecule has 2 saturated heterocycles. The molecule has 0 radical (unpaired) electrons. The van der Waals surface area contributed by atoms with Crippen LogP contribution in [0.25, 0.3) is 0 Å². The molecule has 2 nitrogen and oxygen atoms in total. The Morgan fingerprint density at radius 2 is 2.22 bits per heavy atom. The number of halogens is 2. The Morgan fingerprint density at radius 3 is 3.06 bits per heavy atom. The third-order valence-electron chi connectivity index (χ3n) is 4.16. The summed E-state index contributed by atoms with van der Waals surface area (Å²) < 4.78 is 0.984. The van der Waals surface area contributed by atoms with Gasteiger partial charge in [-0.3, -0.25) is 4.90 Å². The van der Waals surface area contributed by atoms with E-state index in [1.807, 2.05) is 6.07 Å². The smallest absolute Gasteiger partial charge is 0.0548 e. The van der Waals surface area contributed by atoms with Crippen LogP contribution in [0.3, 0.4) is 0 Å². The molecule has 0 aliphatic carbocycles. The lowest BCUT2D eigenvalue weighted by Crippen LogP contribution is -2.38. The molecule has 0 saturated carbocycles. The van der Waals surface area contributed by atoms with Crippen LogP contribution in [-0.2, 0) is 6.54 Å². The van der Waals surface area contributed by atoms with Gasteiger partial charge in [-0.2, -0.15) is 0 Å². The lowest BCUT2D eigenvalue weighted by molar-refractivity contribution is 0.298. The Labute approximate surface area is 122 Å². The van der Waals surface area contributed by atoms with E-state index in [-0.39, 0.29) is 0 Å². The first-order chi connectivity index (χ1) is 8.74. The Morgan fingerprint density at radius 1 is 1.33 bits per heavy atom. The van der Waals surface area contributed by atoms with Crippen molar-refractivity contribution < 1.29 is 0 Å². The van der Waals surface area contributed by atoms with E-state index in [4.69, 9.17) is 11.6 Å². The molecular weight excluding hydrogens is 312 g/mol. The van der Waals surface area contributed by atoms with Gasteiger partial charge in [0, 0.05) is 29.6 Å². The number of hydrogen-bond acceptors (Lipinski definition) is 2. The van der Waals surface area contributed by atoms with Crippen LogP contribution in [0.15, 0.2) is 22.7 Å². The van der Waals surface area contributed by atoms with Crippen molar-refractivity contribution in [1.82, 2.24) is 10.2 Å². The molecule has 0 aromatic heterocycles. The topological polar surface area (TPSA) is 15.3 Å². The van der Waals surface area contributed by atoms with Gasteiger partial charge in [0.1, 0.15) is 0 Å². The normalized spacial score (nSPS) is 27.7. The van der Waals surface area contributed by atoms with Gasteiger partial charge in [0.25, 0.3) is 0 Å². The fraction of sp³-hybridized carbons (Fsp3) is 0.571. The van der Waals surface area contributed by atoms with Crippen LogP contribution >= 0.6 is 27.5 Å². The Bertz CT molecular complexity index is 438. The first kappa shape index (κ1) is 12.9. The summed E-state index contributed by atoms with van der Waals surface area (Å²) in [6.45, 7) is 3.51. The molecule has 1 N–H and O–H groups in total. The molecule has 0 bridgehead atoms. The summed E-state index contributed by atoms with van der Waals surface area (Å²) in [5.41, 5.74) is 1.29. The summed E-state index contributed by atoms with van der Waals surface area (Å²) in [4.78, 5) is 2.63. The van der Waals surface area contributed by atoms with Crippen LogP contribution < -0.4 is 5.32 Å². The van der Waals surface area contributed by atoms with Crippen molar-refractivity contribution in [3.63, 3.8) is 0 Å². The van der Waals surface area contributed by atoms with E-state index < -0.39 is 0 Å². The second-order valence-corrected chi connectivity index (χ2v) is 6.53. The first-order valence-electron chi connectivity index (χ1n) is 6.65. The van der Waals surface area contributed by atoms with Crippen molar-refractivity contribution in [3.8, 4) is 0 Å². The van der Waals surface area contributed by atoms with Crippen molar-refractivity contribution >= 4 is 27.5 Å². The minimum atomic E-state index is 0.668. The molecule has 2 aliphatic heterocycles. The average Bonchev–Trinajstić information content (AvgIpc) is 2.94. The standard InChI is InChI=1S/C14H18BrClN2/c15-11-8-10(3-4-12(11)16)9-17-13-5-7-18-6-1-2-14(13)18/h3-4,8,13-14,17H,1-2,5-7,9H2. The van der Waals surface area contributed by atoms with Gasteiger partial charge in [0.15, 0.2) is 0 Å². The molecule has 1 aromatic rings. The number of benzene rings is 1. The van der Waals surface area contributed by atoms with Crippen molar-refractivity contribution in [1.29, 1.82) is 0 Å². The van der Waals surface area contributed by atoms with Gasteiger partial charge in [-0.25, -0.2) is 0 Å². The third kappa shape index (κ3) is 2.60. The van der Waals surface area contributed by atoms with Crippen molar-refractivity contribution in [2.45, 2.75) is 37.9 Å². The van der Waals surface area contributed by atoms with Crippen LogP contribution in [-0.4, -0.2) is 30.1 Å². The molecule has 2 unspecified atom stereocenters. The molecule has 1 aromatic carbocycles. The second-order valence-electron chi connectivity index (χ2n) is 5.27. The zero-order valence-electron chi connectivity index (χ0n) is 10.3. The van der Waals surface area contributed by atoms with Gasteiger partial charge >= 0.3 is 0 Å². The summed E-state index contributed by atoms with van der Waals surface area (Å²) in [7, 11) is 0. The molecule has 2 atom stereocenters. The SMILES string of the molecule is Clc1ccc(CNC2CCN3CCCC23)cc1Br. The van der Waals surface area contributed by atoms with E-state index in [1.165, 1.54) is 37.9 Å². The van der Waals surface area contributed by atoms with Crippen molar-refractivity contribution in [2.24, 2.45) is 0 Å². The molecular formula is C14H18BrClN2. The highest BCUT2D eigenvalue weighted by Gasteiger charge is 2.36. The van der Waals surface area contributed by atoms with E-state index in [9.17, 15) is 0 Å². The summed E-state index contributed by atoms with van der Waals surface area (Å²) in [5, 5.41) is 4.49. The monoisotopic (exact) mass is 328 g/mol. The Kier molecular flexibility index (Phi) is 3.94. The Balaban J connectivity index is 1.59. The van der Waals surface area contributed by atoms with Gasteiger partial charge in [-0.1, -0.05) is 17.7 Å². The molecule has 98 valence electrons. The van der Waals surface area contributed by atoms with Crippen LogP contribution in [0, 0.1) is 0 Å². The van der Waals surface area contributed by atoms with Crippen molar-refractivity contribution in [3.05, 3.63) is 33.3 Å². The maximum absolute atomic E-state index is 6.01. The fourth-order valence-electron chi connectivity index (χ4n) is 3.22. The highest BCUT2D eigenvalue weighted by Crippen LogP contribution is 2.28. The van der Waals surface area contributed by atoms with Crippen molar-refractivity contribution in [2.75, 3.05) is 13.1 Å². The largest absolute Gasteiger partial charge is 0.308 e. The zero-order chi connectivity index (χ0) is 12.5. The van der Waals surface area contributed by atoms with Crippen LogP contribution in [0.1, 0.15) is 24.8 Å². The molecule has 18 heavy (non-hydrogen) atoms. The van der Waals surface area contributed by atoms with E-state index in [2.05, 4.69) is 38.3 Å². The fourth-order valence-corrected chi connectivity index (χ4v) is 3.76. The third-order valence-corrected chi connectivity index (χ3v) is 5.37.